The van der Waals surface area contributed by atoms with Gasteiger partial charge in [0, 0.05) is 33.0 Å². The molecule has 3 nitrogen and oxygen atoms in total. The van der Waals surface area contributed by atoms with E-state index >= 15 is 0 Å². The largest absolute Gasteiger partial charge is 0.507 e. The molecule has 0 aliphatic heterocycles. The van der Waals surface area contributed by atoms with E-state index in [0.29, 0.717) is 10.6 Å². The molecule has 0 aliphatic carbocycles. The summed E-state index contributed by atoms with van der Waals surface area (Å²) in [5, 5.41) is 20.5. The average Bonchev–Trinajstić information content (AvgIpc) is 1.98. The second-order valence-corrected chi connectivity index (χ2v) is 2.38. The second kappa shape index (κ2) is 5.22. The number of phenolic OH excluding ortho intramolecular Hbond substituents is 1. The van der Waals surface area contributed by atoms with Gasteiger partial charge in [0.1, 0.15) is 5.75 Å². The van der Waals surface area contributed by atoms with Crippen molar-refractivity contribution in [2.45, 2.75) is 0 Å². The van der Waals surface area contributed by atoms with Gasteiger partial charge >= 0.3 is 0 Å². The van der Waals surface area contributed by atoms with E-state index in [9.17, 15) is 0 Å². The molecular formula is C7H6AgClNO2. The fourth-order valence-corrected chi connectivity index (χ4v) is 0.872. The van der Waals surface area contributed by atoms with Crippen LogP contribution in [0.1, 0.15) is 5.56 Å². The van der Waals surface area contributed by atoms with Gasteiger partial charge in [-0.15, -0.1) is 0 Å². The van der Waals surface area contributed by atoms with Gasteiger partial charge in [-0.2, -0.15) is 0 Å². The quantitative estimate of drug-likeness (QED) is 0.357. The van der Waals surface area contributed by atoms with Crippen LogP contribution in [0.25, 0.3) is 0 Å². The Bertz CT molecular complexity index is 291. The summed E-state index contributed by atoms with van der Waals surface area (Å²) >= 11 is 5.60. The van der Waals surface area contributed by atoms with Crippen LogP contribution in [0, 0.1) is 0 Å². The average molecular weight is 279 g/mol. The number of aromatic hydroxyl groups is 1. The molecule has 0 fully saturated rings. The number of halogens is 1. The van der Waals surface area contributed by atoms with E-state index in [1.807, 2.05) is 0 Å². The molecule has 0 aliphatic rings. The van der Waals surface area contributed by atoms with Crippen molar-refractivity contribution in [2.24, 2.45) is 5.16 Å². The summed E-state index contributed by atoms with van der Waals surface area (Å²) < 4.78 is 0. The Morgan fingerprint density at radius 3 is 2.67 bits per heavy atom. The maximum absolute atomic E-state index is 9.11. The third-order valence-electron chi connectivity index (χ3n) is 1.19. The Labute approximate surface area is 90.2 Å². The van der Waals surface area contributed by atoms with E-state index in [-0.39, 0.29) is 28.1 Å². The zero-order valence-corrected chi connectivity index (χ0v) is 8.07. The zero-order valence-electron chi connectivity index (χ0n) is 5.83. The summed E-state index contributed by atoms with van der Waals surface area (Å²) in [5.41, 5.74) is 0.389. The van der Waals surface area contributed by atoms with Gasteiger partial charge in [0.05, 0.1) is 6.21 Å². The maximum atomic E-state index is 9.11. The molecular weight excluding hydrogens is 273 g/mol. The van der Waals surface area contributed by atoms with E-state index < -0.39 is 0 Å². The molecule has 0 unspecified atom stereocenters. The van der Waals surface area contributed by atoms with Gasteiger partial charge in [-0.3, -0.25) is 0 Å². The minimum atomic E-state index is 0. The molecule has 1 aromatic rings. The second-order valence-electron chi connectivity index (χ2n) is 1.95. The topological polar surface area (TPSA) is 52.8 Å². The molecule has 69 valence electrons. The predicted molar refractivity (Wildman–Crippen MR) is 42.5 cm³/mol. The van der Waals surface area contributed by atoms with Crippen LogP contribution < -0.4 is 0 Å². The zero-order chi connectivity index (χ0) is 8.27. The van der Waals surface area contributed by atoms with Gasteiger partial charge < -0.3 is 10.3 Å². The third-order valence-corrected chi connectivity index (χ3v) is 1.42. The predicted octanol–water partition coefficient (Wildman–Crippen LogP) is 1.85. The Hall–Kier alpha value is -0.480. The van der Waals surface area contributed by atoms with E-state index in [2.05, 4.69) is 5.16 Å². The minimum absolute atomic E-state index is 0. The molecule has 2 N–H and O–H groups in total. The number of rotatable bonds is 1. The Kier molecular flexibility index (Phi) is 5.01. The molecule has 0 saturated carbocycles. The maximum Gasteiger partial charge on any atom is 0.124 e. The Morgan fingerprint density at radius 2 is 2.08 bits per heavy atom. The van der Waals surface area contributed by atoms with Gasteiger partial charge in [0.2, 0.25) is 0 Å². The molecule has 5 heteroatoms. The molecule has 12 heavy (non-hydrogen) atoms. The number of oxime groups is 1. The number of benzene rings is 1. The summed E-state index contributed by atoms with van der Waals surface area (Å²) in [6.07, 6.45) is 1.11. The summed E-state index contributed by atoms with van der Waals surface area (Å²) in [5.74, 6) is 0.0344. The number of nitrogens with zero attached hydrogens (tertiary/aromatic N) is 1. The van der Waals surface area contributed by atoms with Crippen molar-refractivity contribution in [3.05, 3.63) is 28.8 Å². The molecule has 0 saturated heterocycles. The first kappa shape index (κ1) is 11.5. The summed E-state index contributed by atoms with van der Waals surface area (Å²) in [6.45, 7) is 0. The van der Waals surface area contributed by atoms with Crippen molar-refractivity contribution < 1.29 is 32.7 Å². The SMILES string of the molecule is ON=Cc1cc(Cl)ccc1O.[Ag]. The van der Waals surface area contributed by atoms with Crippen molar-refractivity contribution in [3.63, 3.8) is 0 Å². The summed E-state index contributed by atoms with van der Waals surface area (Å²) in [7, 11) is 0. The van der Waals surface area contributed by atoms with Crippen molar-refractivity contribution in [1.82, 2.24) is 0 Å². The van der Waals surface area contributed by atoms with E-state index in [4.69, 9.17) is 21.9 Å². The van der Waals surface area contributed by atoms with Crippen molar-refractivity contribution >= 4 is 17.8 Å². The molecule has 0 bridgehead atoms. The van der Waals surface area contributed by atoms with Crippen molar-refractivity contribution in [2.75, 3.05) is 0 Å². The molecule has 0 spiro atoms. The summed E-state index contributed by atoms with van der Waals surface area (Å²) in [4.78, 5) is 0. The molecule has 0 aromatic heterocycles. The van der Waals surface area contributed by atoms with Crippen LogP contribution in [0.5, 0.6) is 5.75 Å². The standard InChI is InChI=1S/C7H6ClNO2.Ag/c8-6-1-2-7(10)5(3-6)4-9-11;/h1-4,10-11H;. The Morgan fingerprint density at radius 1 is 1.42 bits per heavy atom. The van der Waals surface area contributed by atoms with Crippen LogP contribution in [0.3, 0.4) is 0 Å². The van der Waals surface area contributed by atoms with Gasteiger partial charge in [-0.25, -0.2) is 0 Å². The third kappa shape index (κ3) is 2.87. The van der Waals surface area contributed by atoms with Crippen LogP contribution in [0.4, 0.5) is 0 Å². The normalized spacial score (nSPS) is 9.75. The van der Waals surface area contributed by atoms with Gasteiger partial charge in [-0.1, -0.05) is 16.8 Å². The van der Waals surface area contributed by atoms with Gasteiger partial charge in [0.15, 0.2) is 0 Å². The summed E-state index contributed by atoms with van der Waals surface area (Å²) in [6, 6.07) is 4.47. The number of phenols is 1. The molecule has 0 heterocycles. The molecule has 1 rings (SSSR count). The van der Waals surface area contributed by atoms with Gasteiger partial charge in [0.25, 0.3) is 0 Å². The molecule has 0 atom stereocenters. The molecule has 1 radical (unpaired) electrons. The molecule has 0 amide bonds. The molecule has 1 aromatic carbocycles. The minimum Gasteiger partial charge on any atom is -0.507 e. The first-order chi connectivity index (χ1) is 5.24. The van der Waals surface area contributed by atoms with Gasteiger partial charge in [-0.05, 0) is 18.2 Å². The van der Waals surface area contributed by atoms with Crippen LogP contribution in [0.15, 0.2) is 23.4 Å². The number of hydrogen-bond donors (Lipinski definition) is 2. The van der Waals surface area contributed by atoms with Crippen molar-refractivity contribution in [3.8, 4) is 5.75 Å². The van der Waals surface area contributed by atoms with Crippen LogP contribution in [-0.4, -0.2) is 16.5 Å². The number of hydrogen-bond acceptors (Lipinski definition) is 3. The smallest absolute Gasteiger partial charge is 0.124 e. The van der Waals surface area contributed by atoms with E-state index in [0.717, 1.165) is 6.21 Å². The van der Waals surface area contributed by atoms with Crippen LogP contribution in [-0.2, 0) is 22.4 Å². The fraction of sp³-hybridized carbons (Fsp3) is 0. The Balaban J connectivity index is 0.00000121. The van der Waals surface area contributed by atoms with E-state index in [1.54, 1.807) is 6.07 Å². The monoisotopic (exact) mass is 278 g/mol. The van der Waals surface area contributed by atoms with E-state index in [1.165, 1.54) is 12.1 Å². The fourth-order valence-electron chi connectivity index (χ4n) is 0.691. The van der Waals surface area contributed by atoms with Crippen molar-refractivity contribution in [1.29, 1.82) is 0 Å². The first-order valence-electron chi connectivity index (χ1n) is 2.90. The van der Waals surface area contributed by atoms with Crippen LogP contribution >= 0.6 is 11.6 Å². The first-order valence-corrected chi connectivity index (χ1v) is 3.28. The van der Waals surface area contributed by atoms with Crippen LogP contribution in [0.2, 0.25) is 5.02 Å².